The smallest absolute Gasteiger partial charge is 0.332 e. The molecule has 5 rings (SSSR count). The number of carbonyl (C=O) groups is 2. The molecule has 2 N–H and O–H groups in total. The number of nitrogens with zero attached hydrogens (tertiary/aromatic N) is 3. The van der Waals surface area contributed by atoms with Gasteiger partial charge in [0.05, 0.1) is 10.2 Å². The van der Waals surface area contributed by atoms with E-state index in [4.69, 9.17) is 4.74 Å². The number of imide groups is 1. The van der Waals surface area contributed by atoms with Crippen LogP contribution < -0.4 is 19.9 Å². The molecule has 39 heavy (non-hydrogen) atoms. The molecule has 0 fully saturated rings. The number of ether oxygens (including phenoxy) is 1. The number of amides is 4. The van der Waals surface area contributed by atoms with Crippen molar-refractivity contribution in [3.05, 3.63) is 96.8 Å². The van der Waals surface area contributed by atoms with Gasteiger partial charge in [0.25, 0.3) is 0 Å². The van der Waals surface area contributed by atoms with Gasteiger partial charge in [0.15, 0.2) is 17.8 Å². The van der Waals surface area contributed by atoms with E-state index in [1.54, 1.807) is 12.3 Å². The van der Waals surface area contributed by atoms with E-state index in [1.807, 2.05) is 30.5 Å². The van der Waals surface area contributed by atoms with Crippen molar-refractivity contribution in [3.8, 4) is 22.1 Å². The number of pyridine rings is 2. The van der Waals surface area contributed by atoms with E-state index in [0.29, 0.717) is 17.0 Å². The van der Waals surface area contributed by atoms with Gasteiger partial charge in [-0.2, -0.15) is 0 Å². The minimum Gasteiger partial charge on any atom is -0.453 e. The summed E-state index contributed by atoms with van der Waals surface area (Å²) in [6.45, 7) is 0. The Hall–Kier alpha value is -4.90. The standard InChI is InChI=1S/C28H21F2N5O3S/c1-34(19-9-6-17(29)7-10-19)28(37)35(2)27(36)33-18-8-11-23(20(30)15-18)38-24-12-14-32-22-16-25(39-26(22)24)21-5-3-4-13-31-21/h3-16H,1-2H3,(H,33,36)/p+1. The van der Waals surface area contributed by atoms with Gasteiger partial charge >= 0.3 is 12.1 Å². The molecule has 0 unspecified atom stereocenters. The van der Waals surface area contributed by atoms with Gasteiger partial charge in [-0.3, -0.25) is 9.88 Å². The number of H-pyrrole nitrogens is 1. The number of aromatic nitrogens is 2. The predicted octanol–water partition coefficient (Wildman–Crippen LogP) is 6.57. The van der Waals surface area contributed by atoms with E-state index in [-0.39, 0.29) is 11.4 Å². The van der Waals surface area contributed by atoms with Gasteiger partial charge in [-0.05, 0) is 48.5 Å². The van der Waals surface area contributed by atoms with Crippen molar-refractivity contribution < 1.29 is 28.1 Å². The van der Waals surface area contributed by atoms with Crippen LogP contribution in [0.25, 0.3) is 20.8 Å². The maximum atomic E-state index is 15.0. The molecule has 8 nitrogen and oxygen atoms in total. The number of hydrogen-bond donors (Lipinski definition) is 1. The Morgan fingerprint density at radius 3 is 2.49 bits per heavy atom. The third kappa shape index (κ3) is 5.53. The molecule has 5 aromatic rings. The fourth-order valence-corrected chi connectivity index (χ4v) is 4.80. The highest BCUT2D eigenvalue weighted by atomic mass is 32.1. The molecule has 196 valence electrons. The maximum absolute atomic E-state index is 15.0. The van der Waals surface area contributed by atoms with E-state index in [9.17, 15) is 18.4 Å². The first kappa shape index (κ1) is 25.7. The Labute approximate surface area is 226 Å². The van der Waals surface area contributed by atoms with Crippen LogP contribution in [-0.2, 0) is 0 Å². The Balaban J connectivity index is 1.29. The third-order valence-corrected chi connectivity index (χ3v) is 7.02. The summed E-state index contributed by atoms with van der Waals surface area (Å²) in [7, 11) is 2.73. The number of anilines is 2. The molecule has 0 bridgehead atoms. The van der Waals surface area contributed by atoms with E-state index in [1.165, 1.54) is 66.7 Å². The number of halogens is 2. The van der Waals surface area contributed by atoms with Gasteiger partial charge in [-0.15, -0.1) is 11.3 Å². The quantitative estimate of drug-likeness (QED) is 0.270. The number of thiophene rings is 1. The number of hydrogen-bond acceptors (Lipinski definition) is 5. The molecule has 2 aromatic carbocycles. The maximum Gasteiger partial charge on any atom is 0.332 e. The molecular formula is C28H22F2N5O3S+. The minimum atomic E-state index is -0.776. The number of carbonyl (C=O) groups excluding carboxylic acids is 2. The first-order valence-electron chi connectivity index (χ1n) is 11.7. The lowest BCUT2D eigenvalue weighted by molar-refractivity contribution is -0.364. The third-order valence-electron chi connectivity index (χ3n) is 5.85. The van der Waals surface area contributed by atoms with Crippen LogP contribution >= 0.6 is 11.3 Å². The Kier molecular flexibility index (Phi) is 7.15. The van der Waals surface area contributed by atoms with Crippen molar-refractivity contribution in [2.45, 2.75) is 0 Å². The van der Waals surface area contributed by atoms with Crippen LogP contribution in [0.5, 0.6) is 11.5 Å². The van der Waals surface area contributed by atoms with Crippen LogP contribution in [0.2, 0.25) is 0 Å². The monoisotopic (exact) mass is 546 g/mol. The number of nitrogens with one attached hydrogen (secondary N) is 2. The second kappa shape index (κ2) is 10.8. The summed E-state index contributed by atoms with van der Waals surface area (Å²) >= 11 is 1.46. The van der Waals surface area contributed by atoms with E-state index >= 15 is 0 Å². The molecule has 0 saturated carbocycles. The van der Waals surface area contributed by atoms with Gasteiger partial charge in [-0.25, -0.2) is 28.3 Å². The van der Waals surface area contributed by atoms with Crippen LogP contribution in [-0.4, -0.2) is 36.0 Å². The molecule has 3 heterocycles. The Morgan fingerprint density at radius 1 is 0.974 bits per heavy atom. The average molecular weight is 547 g/mol. The number of benzene rings is 2. The second-order valence-corrected chi connectivity index (χ2v) is 9.52. The fraction of sp³-hybridized carbons (Fsp3) is 0.0714. The van der Waals surface area contributed by atoms with Gasteiger partial charge < -0.3 is 10.1 Å². The molecule has 0 saturated heterocycles. The molecule has 0 radical (unpaired) electrons. The zero-order valence-electron chi connectivity index (χ0n) is 20.8. The zero-order chi connectivity index (χ0) is 27.5. The highest BCUT2D eigenvalue weighted by molar-refractivity contribution is 7.22. The van der Waals surface area contributed by atoms with E-state index in [2.05, 4.69) is 15.3 Å². The van der Waals surface area contributed by atoms with Crippen molar-refractivity contribution in [3.63, 3.8) is 0 Å². The summed E-state index contributed by atoms with van der Waals surface area (Å²) in [6.07, 6.45) is 3.42. The highest BCUT2D eigenvalue weighted by Crippen LogP contribution is 2.38. The number of rotatable bonds is 5. The SMILES string of the molecule is CN(C(=O)Nc1ccc(Oc2ccnc3cc(-c4cccc[nH+]4)sc23)c(F)c1)C(=O)N(C)c1ccc(F)cc1. The minimum absolute atomic E-state index is 0.0396. The summed E-state index contributed by atoms with van der Waals surface area (Å²) in [5.74, 6) is -0.748. The normalized spacial score (nSPS) is 10.8. The number of aromatic amines is 1. The second-order valence-electron chi connectivity index (χ2n) is 8.46. The van der Waals surface area contributed by atoms with Gasteiger partial charge in [-0.1, -0.05) is 0 Å². The molecule has 11 heteroatoms. The average Bonchev–Trinajstić information content (AvgIpc) is 3.40. The van der Waals surface area contributed by atoms with Crippen molar-refractivity contribution >= 4 is 45.0 Å². The van der Waals surface area contributed by atoms with Crippen LogP contribution in [0.1, 0.15) is 0 Å². The largest absolute Gasteiger partial charge is 0.453 e. The van der Waals surface area contributed by atoms with Crippen LogP contribution in [0.4, 0.5) is 29.7 Å². The van der Waals surface area contributed by atoms with Crippen molar-refractivity contribution in [2.24, 2.45) is 0 Å². The van der Waals surface area contributed by atoms with Crippen LogP contribution in [0.15, 0.2) is 85.2 Å². The summed E-state index contributed by atoms with van der Waals surface area (Å²) in [6, 6.07) is 17.1. The first-order chi connectivity index (χ1) is 18.8. The molecule has 0 aliphatic carbocycles. The van der Waals surface area contributed by atoms with Crippen molar-refractivity contribution in [2.75, 3.05) is 24.3 Å². The predicted molar refractivity (Wildman–Crippen MR) is 145 cm³/mol. The molecule has 0 aliphatic heterocycles. The van der Waals surface area contributed by atoms with Crippen LogP contribution in [0.3, 0.4) is 0 Å². The summed E-state index contributed by atoms with van der Waals surface area (Å²) in [4.78, 5) is 35.9. The molecule has 0 atom stereocenters. The lowest BCUT2D eigenvalue weighted by Gasteiger charge is -2.24. The molecule has 0 aliphatic rings. The van der Waals surface area contributed by atoms with Crippen molar-refractivity contribution in [1.82, 2.24) is 9.88 Å². The summed E-state index contributed by atoms with van der Waals surface area (Å²) < 4.78 is 34.8. The zero-order valence-corrected chi connectivity index (χ0v) is 21.6. The van der Waals surface area contributed by atoms with E-state index in [0.717, 1.165) is 26.2 Å². The summed E-state index contributed by atoms with van der Waals surface area (Å²) in [5, 5.41) is 2.49. The number of urea groups is 2. The van der Waals surface area contributed by atoms with Gasteiger partial charge in [0.2, 0.25) is 5.69 Å². The molecule has 0 spiro atoms. The van der Waals surface area contributed by atoms with Crippen molar-refractivity contribution in [1.29, 1.82) is 0 Å². The summed E-state index contributed by atoms with van der Waals surface area (Å²) in [5.41, 5.74) is 2.17. The number of fused-ring (bicyclic) bond motifs is 1. The molecular weight excluding hydrogens is 524 g/mol. The Morgan fingerprint density at radius 2 is 1.77 bits per heavy atom. The Bertz CT molecular complexity index is 1660. The molecule has 4 amide bonds. The van der Waals surface area contributed by atoms with Gasteiger partial charge in [0.1, 0.15) is 16.4 Å². The fourth-order valence-electron chi connectivity index (χ4n) is 3.75. The van der Waals surface area contributed by atoms with Gasteiger partial charge in [0, 0.05) is 55.9 Å². The highest BCUT2D eigenvalue weighted by Gasteiger charge is 2.22. The molecule has 3 aromatic heterocycles. The lowest BCUT2D eigenvalue weighted by atomic mass is 10.2. The topological polar surface area (TPSA) is 88.9 Å². The van der Waals surface area contributed by atoms with E-state index < -0.39 is 23.7 Å². The van der Waals surface area contributed by atoms with Crippen LogP contribution in [0, 0.1) is 11.6 Å². The lowest BCUT2D eigenvalue weighted by Crippen LogP contribution is -2.44. The first-order valence-corrected chi connectivity index (χ1v) is 12.5.